The van der Waals surface area contributed by atoms with E-state index in [2.05, 4.69) is 15.9 Å². The minimum absolute atomic E-state index is 0.0711. The van der Waals surface area contributed by atoms with Crippen molar-refractivity contribution in [2.75, 3.05) is 0 Å². The molecule has 1 radical (unpaired) electrons. The molecule has 0 aromatic heterocycles. The molecule has 0 aliphatic heterocycles. The van der Waals surface area contributed by atoms with E-state index < -0.39 is 5.82 Å². The summed E-state index contributed by atoms with van der Waals surface area (Å²) in [5.41, 5.74) is 6.85. The van der Waals surface area contributed by atoms with Gasteiger partial charge in [-0.1, -0.05) is 15.9 Å². The van der Waals surface area contributed by atoms with E-state index in [-0.39, 0.29) is 5.69 Å². The van der Waals surface area contributed by atoms with E-state index in [9.17, 15) is 4.39 Å². The molecule has 0 unspecified atom stereocenters. The van der Waals surface area contributed by atoms with Crippen LogP contribution in [0.25, 0.3) is 0 Å². The van der Waals surface area contributed by atoms with Gasteiger partial charge >= 0.3 is 0 Å². The first kappa shape index (κ1) is 6.55. The molecule has 0 saturated carbocycles. The Morgan fingerprint density at radius 3 is 2.56 bits per heavy atom. The van der Waals surface area contributed by atoms with Crippen molar-refractivity contribution in [3.05, 3.63) is 28.5 Å². The van der Waals surface area contributed by atoms with Gasteiger partial charge in [-0.3, -0.25) is 5.73 Å². The number of nitrogens with one attached hydrogen (secondary N) is 1. The zero-order valence-electron chi connectivity index (χ0n) is 4.49. The molecule has 0 aliphatic rings. The van der Waals surface area contributed by atoms with Crippen molar-refractivity contribution in [1.29, 1.82) is 0 Å². The lowest BCUT2D eigenvalue weighted by Gasteiger charge is -1.92. The van der Waals surface area contributed by atoms with E-state index in [0.29, 0.717) is 4.47 Å². The molecule has 1 N–H and O–H groups in total. The quantitative estimate of drug-likeness (QED) is 0.598. The first-order valence-corrected chi connectivity index (χ1v) is 3.16. The third kappa shape index (κ3) is 1.42. The summed E-state index contributed by atoms with van der Waals surface area (Å²) >= 11 is 3.07. The predicted molar refractivity (Wildman–Crippen MR) is 36.9 cm³/mol. The van der Waals surface area contributed by atoms with Crippen LogP contribution in [-0.4, -0.2) is 0 Å². The molecule has 0 heterocycles. The maximum Gasteiger partial charge on any atom is 0.149 e. The van der Waals surface area contributed by atoms with Crippen molar-refractivity contribution < 1.29 is 4.39 Å². The van der Waals surface area contributed by atoms with Crippen LogP contribution in [0.4, 0.5) is 10.1 Å². The smallest absolute Gasteiger partial charge is 0.149 e. The summed E-state index contributed by atoms with van der Waals surface area (Å²) in [6.45, 7) is 0. The molecule has 47 valence electrons. The minimum Gasteiger partial charge on any atom is -0.298 e. The lowest BCUT2D eigenvalue weighted by Crippen LogP contribution is -1.76. The van der Waals surface area contributed by atoms with Gasteiger partial charge < -0.3 is 0 Å². The van der Waals surface area contributed by atoms with Crippen LogP contribution in [0.2, 0.25) is 0 Å². The van der Waals surface area contributed by atoms with Crippen molar-refractivity contribution in [3.8, 4) is 0 Å². The molecule has 0 amide bonds. The summed E-state index contributed by atoms with van der Waals surface area (Å²) in [6, 6.07) is 4.30. The molecule has 0 fully saturated rings. The van der Waals surface area contributed by atoms with Crippen molar-refractivity contribution >= 4 is 21.6 Å². The zero-order valence-corrected chi connectivity index (χ0v) is 6.07. The summed E-state index contributed by atoms with van der Waals surface area (Å²) in [4.78, 5) is 0. The maximum atomic E-state index is 12.4. The number of benzene rings is 1. The average Bonchev–Trinajstić information content (AvgIpc) is 1.80. The van der Waals surface area contributed by atoms with Gasteiger partial charge in [0, 0.05) is 4.47 Å². The Bertz CT molecular complexity index is 224. The standard InChI is InChI=1S/C6H4BrFN/c7-4-1-2-6(9)5(8)3-4/h1-3,9H. The Morgan fingerprint density at radius 2 is 2.11 bits per heavy atom. The van der Waals surface area contributed by atoms with Gasteiger partial charge in [-0.25, -0.2) is 4.39 Å². The topological polar surface area (TPSA) is 23.8 Å². The van der Waals surface area contributed by atoms with Crippen LogP contribution < -0.4 is 5.73 Å². The fraction of sp³-hybridized carbons (Fsp3) is 0. The summed E-state index contributed by atoms with van der Waals surface area (Å²) in [7, 11) is 0. The predicted octanol–water partition coefficient (Wildman–Crippen LogP) is 2.50. The number of rotatable bonds is 0. The van der Waals surface area contributed by atoms with Crippen molar-refractivity contribution in [3.63, 3.8) is 0 Å². The third-order valence-electron chi connectivity index (χ3n) is 0.931. The van der Waals surface area contributed by atoms with E-state index in [1.807, 2.05) is 0 Å². The van der Waals surface area contributed by atoms with Crippen LogP contribution in [0.1, 0.15) is 0 Å². The summed E-state index contributed by atoms with van der Waals surface area (Å²) in [6.07, 6.45) is 0. The number of hydrogen-bond donors (Lipinski definition) is 0. The van der Waals surface area contributed by atoms with Crippen LogP contribution in [0.15, 0.2) is 22.7 Å². The average molecular weight is 189 g/mol. The lowest BCUT2D eigenvalue weighted by atomic mass is 10.3. The highest BCUT2D eigenvalue weighted by atomic mass is 79.9. The molecule has 0 aliphatic carbocycles. The SMILES string of the molecule is [NH]c1ccc(Br)cc1F. The van der Waals surface area contributed by atoms with Gasteiger partial charge in [-0.2, -0.15) is 0 Å². The number of halogens is 2. The molecular weight excluding hydrogens is 185 g/mol. The largest absolute Gasteiger partial charge is 0.298 e. The lowest BCUT2D eigenvalue weighted by molar-refractivity contribution is 0.628. The maximum absolute atomic E-state index is 12.4. The Hall–Kier alpha value is -0.570. The molecule has 0 atom stereocenters. The van der Waals surface area contributed by atoms with Crippen molar-refractivity contribution in [2.24, 2.45) is 0 Å². The van der Waals surface area contributed by atoms with Crippen LogP contribution in [0.5, 0.6) is 0 Å². The van der Waals surface area contributed by atoms with Gasteiger partial charge in [-0.15, -0.1) is 0 Å². The van der Waals surface area contributed by atoms with Gasteiger partial charge in [0.25, 0.3) is 0 Å². The molecule has 1 nitrogen and oxygen atoms in total. The highest BCUT2D eigenvalue weighted by Gasteiger charge is 1.96. The molecule has 3 heteroatoms. The molecule has 0 saturated heterocycles. The van der Waals surface area contributed by atoms with E-state index in [1.54, 1.807) is 6.07 Å². The molecule has 1 aromatic rings. The monoisotopic (exact) mass is 188 g/mol. The summed E-state index contributed by atoms with van der Waals surface area (Å²) in [5, 5.41) is 0. The Labute approximate surface area is 60.8 Å². The van der Waals surface area contributed by atoms with Gasteiger partial charge in [0.2, 0.25) is 0 Å². The van der Waals surface area contributed by atoms with Gasteiger partial charge in [0.05, 0.1) is 5.69 Å². The molecule has 1 rings (SSSR count). The van der Waals surface area contributed by atoms with E-state index in [0.717, 1.165) is 0 Å². The summed E-state index contributed by atoms with van der Waals surface area (Å²) < 4.78 is 13.0. The van der Waals surface area contributed by atoms with Crippen LogP contribution in [-0.2, 0) is 0 Å². The molecule has 1 aromatic carbocycles. The fourth-order valence-corrected chi connectivity index (χ4v) is 0.823. The molecule has 0 bridgehead atoms. The Kier molecular flexibility index (Phi) is 1.71. The zero-order chi connectivity index (χ0) is 6.85. The fourth-order valence-electron chi connectivity index (χ4n) is 0.489. The third-order valence-corrected chi connectivity index (χ3v) is 1.42. The summed E-state index contributed by atoms with van der Waals surface area (Å²) in [5.74, 6) is -0.496. The molecular formula is C6H4BrFN. The van der Waals surface area contributed by atoms with Gasteiger partial charge in [-0.05, 0) is 18.2 Å². The normalized spacial score (nSPS) is 9.56. The van der Waals surface area contributed by atoms with Crippen LogP contribution >= 0.6 is 15.9 Å². The Morgan fingerprint density at radius 1 is 1.44 bits per heavy atom. The minimum atomic E-state index is -0.496. The van der Waals surface area contributed by atoms with E-state index in [1.165, 1.54) is 12.1 Å². The second-order valence-electron chi connectivity index (χ2n) is 1.62. The second-order valence-corrected chi connectivity index (χ2v) is 2.54. The van der Waals surface area contributed by atoms with Crippen molar-refractivity contribution in [1.82, 2.24) is 5.73 Å². The molecule has 0 spiro atoms. The highest BCUT2D eigenvalue weighted by molar-refractivity contribution is 9.10. The highest BCUT2D eigenvalue weighted by Crippen LogP contribution is 2.16. The van der Waals surface area contributed by atoms with Gasteiger partial charge in [0.15, 0.2) is 0 Å². The first-order valence-electron chi connectivity index (χ1n) is 2.37. The van der Waals surface area contributed by atoms with Gasteiger partial charge in [0.1, 0.15) is 5.82 Å². The molecule has 9 heavy (non-hydrogen) atoms. The van der Waals surface area contributed by atoms with Crippen LogP contribution in [0.3, 0.4) is 0 Å². The first-order chi connectivity index (χ1) is 4.20. The van der Waals surface area contributed by atoms with E-state index in [4.69, 9.17) is 5.73 Å². The second kappa shape index (κ2) is 2.35. The van der Waals surface area contributed by atoms with E-state index >= 15 is 0 Å². The van der Waals surface area contributed by atoms with Crippen LogP contribution in [0, 0.1) is 5.82 Å². The van der Waals surface area contributed by atoms with Crippen molar-refractivity contribution in [2.45, 2.75) is 0 Å². The Balaban J connectivity index is 3.17. The number of hydrogen-bond acceptors (Lipinski definition) is 0.